The molecule has 0 saturated carbocycles. The van der Waals surface area contributed by atoms with E-state index in [-0.39, 0.29) is 35.7 Å². The molecule has 2 saturated heterocycles. The van der Waals surface area contributed by atoms with E-state index in [1.54, 1.807) is 21.6 Å². The Hall–Kier alpha value is -1.24. The predicted octanol–water partition coefficient (Wildman–Crippen LogP) is 1.15. The average Bonchev–Trinajstić information content (AvgIpc) is 2.86. The van der Waals surface area contributed by atoms with Gasteiger partial charge in [-0.05, 0) is 27.2 Å². The number of rotatable bonds is 5. The maximum Gasteiger partial charge on any atom is 0.305 e. The highest BCUT2D eigenvalue weighted by atomic mass is 32.2. The van der Waals surface area contributed by atoms with Gasteiger partial charge in [0.15, 0.2) is 0 Å². The fourth-order valence-electron chi connectivity index (χ4n) is 3.03. The summed E-state index contributed by atoms with van der Waals surface area (Å²) in [4.78, 5) is 38.6. The number of thioether (sulfide) groups is 1. The van der Waals surface area contributed by atoms with Crippen molar-refractivity contribution >= 4 is 29.5 Å². The van der Waals surface area contributed by atoms with Gasteiger partial charge in [-0.1, -0.05) is 0 Å². The molecule has 2 fully saturated rings. The van der Waals surface area contributed by atoms with Crippen LogP contribution in [0.4, 0.5) is 0 Å². The monoisotopic (exact) mass is 314 g/mol. The lowest BCUT2D eigenvalue weighted by atomic mass is 10.1. The number of nitrogens with zero attached hydrogens (tertiary/aromatic N) is 2. The summed E-state index contributed by atoms with van der Waals surface area (Å²) in [6.45, 7) is 5.93. The van der Waals surface area contributed by atoms with Gasteiger partial charge in [-0.2, -0.15) is 0 Å². The molecule has 2 atom stereocenters. The molecule has 0 aromatic rings. The van der Waals surface area contributed by atoms with Gasteiger partial charge in [0.05, 0.1) is 11.3 Å². The maximum atomic E-state index is 12.8. The number of carboxylic acids is 1. The molecule has 1 N–H and O–H groups in total. The van der Waals surface area contributed by atoms with Crippen LogP contribution in [0.15, 0.2) is 0 Å². The van der Waals surface area contributed by atoms with E-state index in [1.807, 2.05) is 20.8 Å². The Kier molecular flexibility index (Phi) is 4.51. The average molecular weight is 314 g/mol. The second-order valence-corrected chi connectivity index (χ2v) is 7.54. The zero-order chi connectivity index (χ0) is 15.8. The normalized spacial score (nSPS) is 28.1. The molecular formula is C14H22N2O4S. The lowest BCUT2D eigenvalue weighted by Crippen LogP contribution is -2.53. The fourth-order valence-corrected chi connectivity index (χ4v) is 4.46. The molecule has 0 aromatic carbocycles. The third kappa shape index (κ3) is 3.02. The molecule has 2 heterocycles. The largest absolute Gasteiger partial charge is 0.481 e. The Balaban J connectivity index is 2.14. The number of fused-ring (bicyclic) bond motifs is 1. The molecule has 2 unspecified atom stereocenters. The van der Waals surface area contributed by atoms with Crippen LogP contribution in [0.2, 0.25) is 0 Å². The first-order chi connectivity index (χ1) is 9.76. The van der Waals surface area contributed by atoms with Crippen LogP contribution in [0.25, 0.3) is 0 Å². The summed E-state index contributed by atoms with van der Waals surface area (Å²) in [6.07, 6.45) is 1.19. The van der Waals surface area contributed by atoms with Gasteiger partial charge < -0.3 is 14.9 Å². The highest BCUT2D eigenvalue weighted by molar-refractivity contribution is 8.01. The minimum absolute atomic E-state index is 0.0304. The molecule has 2 aliphatic rings. The highest BCUT2D eigenvalue weighted by Gasteiger charge is 2.53. The van der Waals surface area contributed by atoms with Crippen LogP contribution in [-0.2, 0) is 14.4 Å². The Bertz CT molecular complexity index is 468. The smallest absolute Gasteiger partial charge is 0.305 e. The van der Waals surface area contributed by atoms with Crippen molar-refractivity contribution in [3.8, 4) is 0 Å². The zero-order valence-corrected chi connectivity index (χ0v) is 13.5. The van der Waals surface area contributed by atoms with Crippen LogP contribution >= 0.6 is 11.8 Å². The first kappa shape index (κ1) is 16.1. The van der Waals surface area contributed by atoms with Crippen molar-refractivity contribution in [3.63, 3.8) is 0 Å². The molecule has 118 valence electrons. The number of amides is 2. The van der Waals surface area contributed by atoms with Crippen LogP contribution in [0, 0.1) is 0 Å². The number of carbonyl (C=O) groups excluding carboxylic acids is 2. The second-order valence-electron chi connectivity index (χ2n) is 6.03. The SMILES string of the molecule is CC(C)N(CCC(=O)O)C(=O)C1CSC2(C)CCC(=O)N12. The van der Waals surface area contributed by atoms with Gasteiger partial charge in [0.1, 0.15) is 6.04 Å². The van der Waals surface area contributed by atoms with E-state index >= 15 is 0 Å². The van der Waals surface area contributed by atoms with Crippen molar-refractivity contribution in [2.24, 2.45) is 0 Å². The van der Waals surface area contributed by atoms with Crippen LogP contribution in [0.5, 0.6) is 0 Å². The van der Waals surface area contributed by atoms with Crippen LogP contribution < -0.4 is 0 Å². The van der Waals surface area contributed by atoms with Gasteiger partial charge in [0, 0.05) is 24.8 Å². The van der Waals surface area contributed by atoms with Gasteiger partial charge >= 0.3 is 5.97 Å². The first-order valence-corrected chi connectivity index (χ1v) is 8.23. The van der Waals surface area contributed by atoms with Gasteiger partial charge in [-0.15, -0.1) is 11.8 Å². The Morgan fingerprint density at radius 3 is 2.76 bits per heavy atom. The molecule has 0 aromatic heterocycles. The summed E-state index contributed by atoms with van der Waals surface area (Å²) in [7, 11) is 0. The van der Waals surface area contributed by atoms with Gasteiger partial charge in [0.2, 0.25) is 11.8 Å². The standard InChI is InChI=1S/C14H22N2O4S/c1-9(2)15(7-5-12(18)19)13(20)10-8-21-14(3)6-4-11(17)16(10)14/h9-10H,4-8H2,1-3H3,(H,18,19). The molecule has 6 nitrogen and oxygen atoms in total. The van der Waals surface area contributed by atoms with E-state index in [0.717, 1.165) is 6.42 Å². The van der Waals surface area contributed by atoms with E-state index in [0.29, 0.717) is 12.2 Å². The third-order valence-corrected chi connectivity index (χ3v) is 5.71. The fraction of sp³-hybridized carbons (Fsp3) is 0.786. The number of carbonyl (C=O) groups is 3. The van der Waals surface area contributed by atoms with E-state index in [9.17, 15) is 14.4 Å². The van der Waals surface area contributed by atoms with E-state index < -0.39 is 12.0 Å². The molecule has 21 heavy (non-hydrogen) atoms. The summed E-state index contributed by atoms with van der Waals surface area (Å²) in [5.41, 5.74) is 0. The lowest BCUT2D eigenvalue weighted by molar-refractivity contribution is -0.146. The second kappa shape index (κ2) is 5.87. The molecular weight excluding hydrogens is 292 g/mol. The molecule has 2 rings (SSSR count). The van der Waals surface area contributed by atoms with Gasteiger partial charge in [0.25, 0.3) is 0 Å². The first-order valence-electron chi connectivity index (χ1n) is 7.24. The molecule has 2 amide bonds. The Labute approximate surface area is 128 Å². The van der Waals surface area contributed by atoms with Crippen molar-refractivity contribution < 1.29 is 19.5 Å². The zero-order valence-electron chi connectivity index (χ0n) is 12.7. The van der Waals surface area contributed by atoms with Crippen molar-refractivity contribution in [2.75, 3.05) is 12.3 Å². The molecule has 2 aliphatic heterocycles. The highest BCUT2D eigenvalue weighted by Crippen LogP contribution is 2.47. The van der Waals surface area contributed by atoms with Crippen LogP contribution in [0.3, 0.4) is 0 Å². The van der Waals surface area contributed by atoms with Gasteiger partial charge in [-0.3, -0.25) is 14.4 Å². The number of hydrogen-bond donors (Lipinski definition) is 1. The lowest BCUT2D eigenvalue weighted by Gasteiger charge is -2.34. The van der Waals surface area contributed by atoms with Crippen molar-refractivity contribution in [3.05, 3.63) is 0 Å². The summed E-state index contributed by atoms with van der Waals surface area (Å²) in [6, 6.07) is -0.530. The molecule has 0 radical (unpaired) electrons. The predicted molar refractivity (Wildman–Crippen MR) is 79.8 cm³/mol. The molecule has 7 heteroatoms. The topological polar surface area (TPSA) is 77.9 Å². The van der Waals surface area contributed by atoms with Crippen molar-refractivity contribution in [1.82, 2.24) is 9.80 Å². The van der Waals surface area contributed by atoms with E-state index in [2.05, 4.69) is 0 Å². The summed E-state index contributed by atoms with van der Waals surface area (Å²) >= 11 is 1.65. The van der Waals surface area contributed by atoms with Gasteiger partial charge in [-0.25, -0.2) is 0 Å². The summed E-state index contributed by atoms with van der Waals surface area (Å²) in [5.74, 6) is -0.422. The van der Waals surface area contributed by atoms with Crippen LogP contribution in [0.1, 0.15) is 40.0 Å². The minimum atomic E-state index is -0.920. The Morgan fingerprint density at radius 1 is 1.52 bits per heavy atom. The van der Waals surface area contributed by atoms with Crippen molar-refractivity contribution in [2.45, 2.75) is 57.0 Å². The minimum Gasteiger partial charge on any atom is -0.481 e. The molecule has 0 aliphatic carbocycles. The number of hydrogen-bond acceptors (Lipinski definition) is 4. The van der Waals surface area contributed by atoms with Crippen molar-refractivity contribution in [1.29, 1.82) is 0 Å². The van der Waals surface area contributed by atoms with E-state index in [4.69, 9.17) is 5.11 Å². The summed E-state index contributed by atoms with van der Waals surface area (Å²) in [5, 5.41) is 8.82. The molecule has 0 spiro atoms. The van der Waals surface area contributed by atoms with Crippen LogP contribution in [-0.4, -0.2) is 61.9 Å². The maximum absolute atomic E-state index is 12.8. The van der Waals surface area contributed by atoms with E-state index in [1.165, 1.54) is 0 Å². The third-order valence-electron chi connectivity index (χ3n) is 4.20. The quantitative estimate of drug-likeness (QED) is 0.823. The number of carboxylic acid groups (broad SMARTS) is 1. The molecule has 0 bridgehead atoms. The Morgan fingerprint density at radius 2 is 2.19 bits per heavy atom. The number of aliphatic carboxylic acids is 1. The summed E-state index contributed by atoms with van der Waals surface area (Å²) < 4.78 is 0.